The molecule has 1 amide bonds. The number of imidazole rings is 1. The number of aromatic nitrogens is 2. The van der Waals surface area contributed by atoms with Gasteiger partial charge >= 0.3 is 0 Å². The van der Waals surface area contributed by atoms with E-state index in [2.05, 4.69) is 4.57 Å². The number of thiophene rings is 1. The Bertz CT molecular complexity index is 1260. The van der Waals surface area contributed by atoms with Crippen molar-refractivity contribution in [3.63, 3.8) is 0 Å². The zero-order chi connectivity index (χ0) is 23.0. The van der Waals surface area contributed by atoms with Gasteiger partial charge in [-0.3, -0.25) is 4.79 Å². The van der Waals surface area contributed by atoms with Crippen LogP contribution in [0, 0.1) is 6.92 Å². The molecule has 174 valence electrons. The number of nitrogens with zero attached hydrogens (tertiary/aromatic N) is 4. The van der Waals surface area contributed by atoms with Gasteiger partial charge in [0.05, 0.1) is 5.69 Å². The zero-order valence-electron chi connectivity index (χ0n) is 18.7. The second kappa shape index (κ2) is 9.04. The molecule has 0 unspecified atom stereocenters. The van der Waals surface area contributed by atoms with Gasteiger partial charge in [-0.25, -0.2) is 13.4 Å². The van der Waals surface area contributed by atoms with Gasteiger partial charge in [0.2, 0.25) is 0 Å². The molecule has 0 aliphatic carbocycles. The van der Waals surface area contributed by atoms with E-state index in [1.165, 1.54) is 15.6 Å². The average Bonchev–Trinajstić information content (AvgIpc) is 3.35. The van der Waals surface area contributed by atoms with Gasteiger partial charge < -0.3 is 9.47 Å². The van der Waals surface area contributed by atoms with Gasteiger partial charge in [0.25, 0.3) is 15.9 Å². The van der Waals surface area contributed by atoms with Gasteiger partial charge in [0.1, 0.15) is 15.7 Å². The number of rotatable bonds is 4. The van der Waals surface area contributed by atoms with Crippen LogP contribution in [0.5, 0.6) is 0 Å². The topological polar surface area (TPSA) is 75.5 Å². The van der Waals surface area contributed by atoms with Crippen molar-refractivity contribution in [2.24, 2.45) is 0 Å². The lowest BCUT2D eigenvalue weighted by Crippen LogP contribution is -2.50. The Morgan fingerprint density at radius 3 is 2.39 bits per heavy atom. The van der Waals surface area contributed by atoms with E-state index in [0.717, 1.165) is 54.2 Å². The fraction of sp³-hybridized carbons (Fsp3) is 0.417. The minimum atomic E-state index is -3.51. The van der Waals surface area contributed by atoms with Crippen LogP contribution in [-0.4, -0.2) is 59.3 Å². The smallest absolute Gasteiger partial charge is 0.274 e. The molecule has 0 atom stereocenters. The third-order valence-electron chi connectivity index (χ3n) is 6.44. The fourth-order valence-corrected chi connectivity index (χ4v) is 7.52. The predicted octanol–water partition coefficient (Wildman–Crippen LogP) is 3.79. The Morgan fingerprint density at radius 1 is 0.939 bits per heavy atom. The number of amides is 1. The number of aryl methyl sites for hydroxylation is 1. The second-order valence-electron chi connectivity index (χ2n) is 8.62. The molecule has 0 N–H and O–H groups in total. The monoisotopic (exact) mass is 484 g/mol. The molecule has 3 aromatic rings. The van der Waals surface area contributed by atoms with Crippen LogP contribution in [-0.2, 0) is 23.0 Å². The number of carbonyl (C=O) groups excluding carboxylic acids is 1. The molecule has 33 heavy (non-hydrogen) atoms. The van der Waals surface area contributed by atoms with Crippen LogP contribution >= 0.6 is 11.3 Å². The number of carbonyl (C=O) groups is 1. The van der Waals surface area contributed by atoms with Crippen molar-refractivity contribution in [3.8, 4) is 11.4 Å². The second-order valence-corrected chi connectivity index (χ2v) is 12.1. The number of fused-ring (bicyclic) bond motifs is 1. The predicted molar refractivity (Wildman–Crippen MR) is 129 cm³/mol. The lowest BCUT2D eigenvalue weighted by Gasteiger charge is -2.33. The van der Waals surface area contributed by atoms with Gasteiger partial charge in [0.15, 0.2) is 0 Å². The lowest BCUT2D eigenvalue weighted by molar-refractivity contribution is 0.0691. The van der Waals surface area contributed by atoms with Crippen molar-refractivity contribution in [1.29, 1.82) is 0 Å². The Balaban J connectivity index is 1.38. The highest BCUT2D eigenvalue weighted by molar-refractivity contribution is 7.91. The van der Waals surface area contributed by atoms with Crippen molar-refractivity contribution in [1.82, 2.24) is 18.8 Å². The van der Waals surface area contributed by atoms with Crippen molar-refractivity contribution in [2.75, 3.05) is 26.2 Å². The maximum absolute atomic E-state index is 13.5. The highest BCUT2D eigenvalue weighted by Crippen LogP contribution is 2.29. The number of benzene rings is 1. The van der Waals surface area contributed by atoms with Crippen LogP contribution in [0.25, 0.3) is 11.4 Å². The third kappa shape index (κ3) is 4.25. The first-order chi connectivity index (χ1) is 15.9. The summed E-state index contributed by atoms with van der Waals surface area (Å²) in [6.07, 6.45) is 4.11. The number of hydrogen-bond donors (Lipinski definition) is 0. The molecule has 2 aliphatic rings. The van der Waals surface area contributed by atoms with Crippen LogP contribution in [0.3, 0.4) is 0 Å². The maximum Gasteiger partial charge on any atom is 0.274 e. The molecule has 0 radical (unpaired) electrons. The molecule has 1 saturated heterocycles. The summed E-state index contributed by atoms with van der Waals surface area (Å²) in [6, 6.07) is 13.5. The molecule has 9 heteroatoms. The summed E-state index contributed by atoms with van der Waals surface area (Å²) in [5.74, 6) is 0.761. The Kier molecular flexibility index (Phi) is 6.11. The molecule has 0 bridgehead atoms. The summed E-state index contributed by atoms with van der Waals surface area (Å²) in [5, 5.41) is 0. The quantitative estimate of drug-likeness (QED) is 0.565. The van der Waals surface area contributed by atoms with Crippen LogP contribution in [0.2, 0.25) is 0 Å². The van der Waals surface area contributed by atoms with E-state index in [0.29, 0.717) is 36.1 Å². The van der Waals surface area contributed by atoms with Gasteiger partial charge in [-0.15, -0.1) is 11.3 Å². The SMILES string of the molecule is Cc1ccc(S(=O)(=O)N2CCN(C(=O)c3nc(-c4ccccc4)n4c3CCCCC4)CC2)s1. The first-order valence-electron chi connectivity index (χ1n) is 11.5. The Morgan fingerprint density at radius 2 is 1.70 bits per heavy atom. The normalized spacial score (nSPS) is 17.5. The molecule has 7 nitrogen and oxygen atoms in total. The highest BCUT2D eigenvalue weighted by atomic mass is 32.2. The molecule has 4 heterocycles. The van der Waals surface area contributed by atoms with Gasteiger partial charge in [0, 0.05) is 43.2 Å². The van der Waals surface area contributed by atoms with E-state index in [4.69, 9.17) is 4.98 Å². The molecule has 0 spiro atoms. The largest absolute Gasteiger partial charge is 0.335 e. The average molecular weight is 485 g/mol. The Hall–Kier alpha value is -2.49. The van der Waals surface area contributed by atoms with Gasteiger partial charge in [-0.2, -0.15) is 4.31 Å². The molecule has 2 aromatic heterocycles. The molecular formula is C24H28N4O3S2. The van der Waals surface area contributed by atoms with E-state index in [9.17, 15) is 13.2 Å². The van der Waals surface area contributed by atoms with Crippen molar-refractivity contribution in [2.45, 2.75) is 43.4 Å². The molecule has 1 aromatic carbocycles. The van der Waals surface area contributed by atoms with Crippen LogP contribution < -0.4 is 0 Å². The fourth-order valence-electron chi connectivity index (χ4n) is 4.66. The van der Waals surface area contributed by atoms with Crippen LogP contribution in [0.4, 0.5) is 0 Å². The van der Waals surface area contributed by atoms with E-state index >= 15 is 0 Å². The Labute approximate surface area is 198 Å². The van der Waals surface area contributed by atoms with E-state index < -0.39 is 10.0 Å². The number of hydrogen-bond acceptors (Lipinski definition) is 5. The molecule has 5 rings (SSSR count). The summed E-state index contributed by atoms with van der Waals surface area (Å²) >= 11 is 1.29. The number of sulfonamides is 1. The first kappa shape index (κ1) is 22.3. The van der Waals surface area contributed by atoms with Crippen molar-refractivity contribution in [3.05, 3.63) is 58.7 Å². The molecule has 1 fully saturated rings. The summed E-state index contributed by atoms with van der Waals surface area (Å²) in [6.45, 7) is 4.11. The van der Waals surface area contributed by atoms with Crippen molar-refractivity contribution >= 4 is 27.3 Å². The van der Waals surface area contributed by atoms with Crippen LogP contribution in [0.15, 0.2) is 46.7 Å². The number of piperazine rings is 1. The summed E-state index contributed by atoms with van der Waals surface area (Å²) in [4.78, 5) is 21.1. The molecule has 0 saturated carbocycles. The summed E-state index contributed by atoms with van der Waals surface area (Å²) in [7, 11) is -3.51. The summed E-state index contributed by atoms with van der Waals surface area (Å²) < 4.78 is 30.0. The molecular weight excluding hydrogens is 456 g/mol. The standard InChI is InChI=1S/C24H28N4O3S2/c1-18-11-12-21(32-18)33(30,31)27-16-14-26(15-17-27)24(29)22-20-10-6-3-7-13-28(20)23(25-22)19-8-4-2-5-9-19/h2,4-5,8-9,11-12H,3,6-7,10,13-17H2,1H3. The molecule has 2 aliphatic heterocycles. The lowest BCUT2D eigenvalue weighted by atomic mass is 10.1. The van der Waals surface area contributed by atoms with Crippen LogP contribution in [0.1, 0.15) is 40.3 Å². The summed E-state index contributed by atoms with van der Waals surface area (Å²) in [5.41, 5.74) is 2.56. The first-order valence-corrected chi connectivity index (χ1v) is 13.7. The third-order valence-corrected chi connectivity index (χ3v) is 9.80. The van der Waals surface area contributed by atoms with Gasteiger partial charge in [-0.05, 0) is 38.3 Å². The minimum Gasteiger partial charge on any atom is -0.335 e. The zero-order valence-corrected chi connectivity index (χ0v) is 20.4. The van der Waals surface area contributed by atoms with Gasteiger partial charge in [-0.1, -0.05) is 36.8 Å². The van der Waals surface area contributed by atoms with E-state index in [1.54, 1.807) is 11.0 Å². The van der Waals surface area contributed by atoms with Crippen molar-refractivity contribution < 1.29 is 13.2 Å². The van der Waals surface area contributed by atoms with E-state index in [1.807, 2.05) is 43.3 Å². The highest BCUT2D eigenvalue weighted by Gasteiger charge is 2.33. The van der Waals surface area contributed by atoms with E-state index in [-0.39, 0.29) is 5.91 Å². The minimum absolute atomic E-state index is 0.0909. The maximum atomic E-state index is 13.5.